The number of nitriles is 2. The molecule has 1 aromatic heterocycles. The van der Waals surface area contributed by atoms with Gasteiger partial charge in [0.2, 0.25) is 0 Å². The van der Waals surface area contributed by atoms with Crippen molar-refractivity contribution in [3.63, 3.8) is 0 Å². The molecule has 5 heteroatoms. The van der Waals surface area contributed by atoms with Crippen LogP contribution in [0.15, 0.2) is 47.5 Å². The monoisotopic (exact) mass is 304 g/mol. The molecule has 0 atom stereocenters. The number of rotatable bonds is 3. The first kappa shape index (κ1) is 14.1. The Hall–Kier alpha value is -2.89. The molecular formula is C17H12N4S. The molecule has 3 rings (SSSR count). The van der Waals surface area contributed by atoms with Crippen LogP contribution in [-0.2, 0) is 0 Å². The number of fused-ring (bicyclic) bond motifs is 1. The number of anilines is 1. The lowest BCUT2D eigenvalue weighted by atomic mass is 10.1. The van der Waals surface area contributed by atoms with Crippen LogP contribution in [0.25, 0.3) is 10.9 Å². The van der Waals surface area contributed by atoms with Crippen LogP contribution < -0.4 is 4.72 Å². The average molecular weight is 304 g/mol. The van der Waals surface area contributed by atoms with Gasteiger partial charge in [-0.15, -0.1) is 0 Å². The van der Waals surface area contributed by atoms with E-state index in [1.54, 1.807) is 12.3 Å². The maximum Gasteiger partial charge on any atom is 0.101 e. The van der Waals surface area contributed by atoms with Gasteiger partial charge in [-0.1, -0.05) is 12.1 Å². The van der Waals surface area contributed by atoms with Crippen molar-refractivity contribution in [1.82, 2.24) is 4.98 Å². The number of aryl methyl sites for hydroxylation is 1. The lowest BCUT2D eigenvalue weighted by molar-refractivity contribution is 1.40. The van der Waals surface area contributed by atoms with Crippen LogP contribution in [0.3, 0.4) is 0 Å². The third-order valence-corrected chi connectivity index (χ3v) is 4.22. The van der Waals surface area contributed by atoms with Crippen molar-refractivity contribution < 1.29 is 0 Å². The normalized spacial score (nSPS) is 10.1. The highest BCUT2D eigenvalue weighted by molar-refractivity contribution is 8.00. The van der Waals surface area contributed by atoms with Gasteiger partial charge >= 0.3 is 0 Å². The molecule has 0 aliphatic carbocycles. The molecule has 0 amide bonds. The van der Waals surface area contributed by atoms with Crippen molar-refractivity contribution in [2.75, 3.05) is 4.72 Å². The Labute approximate surface area is 132 Å². The molecule has 22 heavy (non-hydrogen) atoms. The summed E-state index contributed by atoms with van der Waals surface area (Å²) in [4.78, 5) is 4.11. The lowest BCUT2D eigenvalue weighted by Gasteiger charge is -2.08. The van der Waals surface area contributed by atoms with Gasteiger partial charge < -0.3 is 9.71 Å². The highest BCUT2D eigenvalue weighted by Crippen LogP contribution is 2.31. The molecule has 0 aliphatic rings. The number of hydrogen-bond acceptors (Lipinski definition) is 4. The van der Waals surface area contributed by atoms with Crippen LogP contribution in [0.2, 0.25) is 0 Å². The number of H-pyrrole nitrogens is 1. The fourth-order valence-corrected chi connectivity index (χ4v) is 3.07. The molecule has 0 spiro atoms. The van der Waals surface area contributed by atoms with Crippen LogP contribution in [0, 0.1) is 29.6 Å². The largest absolute Gasteiger partial charge is 0.358 e. The summed E-state index contributed by atoms with van der Waals surface area (Å²) in [6.45, 7) is 1.99. The van der Waals surface area contributed by atoms with Crippen LogP contribution in [0.1, 0.15) is 16.7 Å². The van der Waals surface area contributed by atoms with Crippen molar-refractivity contribution in [1.29, 1.82) is 10.5 Å². The Morgan fingerprint density at radius 3 is 2.77 bits per heavy atom. The highest BCUT2D eigenvalue weighted by Gasteiger charge is 2.10. The Bertz CT molecular complexity index is 928. The Kier molecular flexibility index (Phi) is 3.74. The fourth-order valence-electron chi connectivity index (χ4n) is 2.34. The summed E-state index contributed by atoms with van der Waals surface area (Å²) in [5.74, 6) is 0. The second-order valence-corrected chi connectivity index (χ2v) is 5.72. The van der Waals surface area contributed by atoms with Gasteiger partial charge in [0.15, 0.2) is 0 Å². The molecule has 0 aliphatic heterocycles. The Morgan fingerprint density at radius 2 is 2.00 bits per heavy atom. The molecule has 3 aromatic rings. The number of nitrogens with one attached hydrogen (secondary N) is 2. The first-order valence-electron chi connectivity index (χ1n) is 6.66. The van der Waals surface area contributed by atoms with Crippen LogP contribution in [-0.4, -0.2) is 4.98 Å². The average Bonchev–Trinajstić information content (AvgIpc) is 2.99. The predicted molar refractivity (Wildman–Crippen MR) is 88.4 cm³/mol. The van der Waals surface area contributed by atoms with Gasteiger partial charge in [-0.25, -0.2) is 0 Å². The summed E-state index contributed by atoms with van der Waals surface area (Å²) >= 11 is 1.44. The van der Waals surface area contributed by atoms with E-state index in [-0.39, 0.29) is 0 Å². The Morgan fingerprint density at radius 1 is 1.14 bits per heavy atom. The van der Waals surface area contributed by atoms with Crippen molar-refractivity contribution in [2.45, 2.75) is 11.8 Å². The van der Waals surface area contributed by atoms with Gasteiger partial charge in [-0.2, -0.15) is 10.5 Å². The second kappa shape index (κ2) is 5.85. The zero-order valence-corrected chi connectivity index (χ0v) is 12.7. The smallest absolute Gasteiger partial charge is 0.101 e. The van der Waals surface area contributed by atoms with E-state index < -0.39 is 0 Å². The van der Waals surface area contributed by atoms with E-state index in [1.165, 1.54) is 11.9 Å². The quantitative estimate of drug-likeness (QED) is 0.706. The molecule has 0 saturated carbocycles. The maximum atomic E-state index is 9.18. The van der Waals surface area contributed by atoms with Crippen LogP contribution in [0.5, 0.6) is 0 Å². The van der Waals surface area contributed by atoms with E-state index in [0.717, 1.165) is 27.0 Å². The minimum Gasteiger partial charge on any atom is -0.358 e. The molecule has 0 bridgehead atoms. The van der Waals surface area contributed by atoms with E-state index in [0.29, 0.717) is 11.1 Å². The van der Waals surface area contributed by atoms with E-state index in [1.807, 2.05) is 37.3 Å². The molecule has 0 fully saturated rings. The van der Waals surface area contributed by atoms with E-state index in [2.05, 4.69) is 21.8 Å². The molecule has 0 unspecified atom stereocenters. The third kappa shape index (κ3) is 2.50. The zero-order valence-electron chi connectivity index (χ0n) is 11.8. The number of benzene rings is 2. The zero-order chi connectivity index (χ0) is 15.5. The van der Waals surface area contributed by atoms with Crippen molar-refractivity contribution >= 4 is 28.5 Å². The first-order valence-corrected chi connectivity index (χ1v) is 7.48. The molecule has 0 radical (unpaired) electrons. The Balaban J connectivity index is 1.92. The van der Waals surface area contributed by atoms with Gasteiger partial charge in [-0.05, 0) is 48.7 Å². The number of hydrogen-bond donors (Lipinski definition) is 2. The number of nitrogens with zero attached hydrogens (tertiary/aromatic N) is 2. The summed E-state index contributed by atoms with van der Waals surface area (Å²) in [5.41, 5.74) is 4.17. The van der Waals surface area contributed by atoms with E-state index in [4.69, 9.17) is 5.26 Å². The van der Waals surface area contributed by atoms with Crippen LogP contribution in [0.4, 0.5) is 5.69 Å². The number of aromatic amines is 1. The highest BCUT2D eigenvalue weighted by atomic mass is 32.2. The molecule has 4 nitrogen and oxygen atoms in total. The minimum atomic E-state index is 0.632. The van der Waals surface area contributed by atoms with Gasteiger partial charge in [0.05, 0.1) is 28.4 Å². The summed E-state index contributed by atoms with van der Waals surface area (Å²) in [6.07, 6.45) is 1.73. The maximum absolute atomic E-state index is 9.18. The number of aromatic nitrogens is 1. The van der Waals surface area contributed by atoms with E-state index in [9.17, 15) is 5.26 Å². The lowest BCUT2D eigenvalue weighted by Crippen LogP contribution is -1.90. The van der Waals surface area contributed by atoms with Gasteiger partial charge in [0.25, 0.3) is 0 Å². The molecule has 0 saturated heterocycles. The molecule has 2 aromatic carbocycles. The van der Waals surface area contributed by atoms with Gasteiger partial charge in [0, 0.05) is 16.5 Å². The summed E-state index contributed by atoms with van der Waals surface area (Å²) in [7, 11) is 0. The summed E-state index contributed by atoms with van der Waals surface area (Å²) in [5, 5.41) is 19.1. The predicted octanol–water partition coefficient (Wildman–Crippen LogP) is 4.34. The van der Waals surface area contributed by atoms with Crippen molar-refractivity contribution in [2.24, 2.45) is 0 Å². The standard InChI is InChI=1S/C17H12N4S/c1-11-5-6-15(17-16(11)13(9-19)10-20-17)21-22-14-4-2-3-12(7-14)8-18/h2-7,10,20-21H,1H3. The third-order valence-electron chi connectivity index (χ3n) is 3.41. The van der Waals surface area contributed by atoms with Crippen molar-refractivity contribution in [3.05, 3.63) is 59.3 Å². The van der Waals surface area contributed by atoms with Gasteiger partial charge in [-0.3, -0.25) is 0 Å². The van der Waals surface area contributed by atoms with E-state index >= 15 is 0 Å². The molecule has 2 N–H and O–H groups in total. The second-order valence-electron chi connectivity index (χ2n) is 4.84. The summed E-state index contributed by atoms with van der Waals surface area (Å²) < 4.78 is 3.29. The topological polar surface area (TPSA) is 75.4 Å². The molecular weight excluding hydrogens is 292 g/mol. The summed E-state index contributed by atoms with van der Waals surface area (Å²) in [6, 6.07) is 15.7. The van der Waals surface area contributed by atoms with Crippen LogP contribution >= 0.6 is 11.9 Å². The molecule has 106 valence electrons. The first-order chi connectivity index (χ1) is 10.7. The minimum absolute atomic E-state index is 0.632. The molecule has 1 heterocycles. The van der Waals surface area contributed by atoms with Gasteiger partial charge in [0.1, 0.15) is 6.07 Å². The van der Waals surface area contributed by atoms with Crippen molar-refractivity contribution in [3.8, 4) is 12.1 Å². The SMILES string of the molecule is Cc1ccc(NSc2cccc(C#N)c2)c2[nH]cc(C#N)c12. The fraction of sp³-hybridized carbons (Fsp3) is 0.0588.